The number of nitrogens with zero attached hydrogens (tertiary/aromatic N) is 1. The maximum absolute atomic E-state index is 11.2. The van der Waals surface area contributed by atoms with Gasteiger partial charge in [-0.25, -0.2) is 9.78 Å². The Hall–Kier alpha value is -3.40. The Morgan fingerprint density at radius 1 is 1.00 bits per heavy atom. The third kappa shape index (κ3) is 4.12. The van der Waals surface area contributed by atoms with Crippen LogP contribution < -0.4 is 5.32 Å². The predicted molar refractivity (Wildman–Crippen MR) is 101 cm³/mol. The summed E-state index contributed by atoms with van der Waals surface area (Å²) in [5.41, 5.74) is 4.41. The van der Waals surface area contributed by atoms with Gasteiger partial charge in [-0.05, 0) is 47.9 Å². The van der Waals surface area contributed by atoms with E-state index in [1.165, 1.54) is 17.2 Å². The first-order valence-electron chi connectivity index (χ1n) is 7.92. The summed E-state index contributed by atoms with van der Waals surface area (Å²) >= 11 is 0. The fourth-order valence-electron chi connectivity index (χ4n) is 2.45. The highest BCUT2D eigenvalue weighted by Crippen LogP contribution is 2.20. The summed E-state index contributed by atoms with van der Waals surface area (Å²) in [6.45, 7) is 2.08. The third-order valence-corrected chi connectivity index (χ3v) is 3.86. The summed E-state index contributed by atoms with van der Waals surface area (Å²) < 4.78 is 0. The van der Waals surface area contributed by atoms with Crippen LogP contribution in [0, 0.1) is 6.92 Å². The first-order chi connectivity index (χ1) is 12.1. The predicted octanol–water partition coefficient (Wildman–Crippen LogP) is 5.00. The van der Waals surface area contributed by atoms with E-state index in [9.17, 15) is 9.90 Å². The van der Waals surface area contributed by atoms with E-state index in [1.807, 2.05) is 36.4 Å². The summed E-state index contributed by atoms with van der Waals surface area (Å²) in [5.74, 6) is -0.674. The van der Waals surface area contributed by atoms with Crippen LogP contribution in [0.2, 0.25) is 0 Å². The lowest BCUT2D eigenvalue weighted by Gasteiger charge is -2.08. The number of carboxylic acid groups (broad SMARTS) is 1. The number of carbonyl (C=O) groups is 1. The zero-order valence-corrected chi connectivity index (χ0v) is 13.8. The van der Waals surface area contributed by atoms with Gasteiger partial charge in [0.2, 0.25) is 0 Å². The van der Waals surface area contributed by atoms with Crippen LogP contribution in [0.4, 0.5) is 11.5 Å². The van der Waals surface area contributed by atoms with Crippen molar-refractivity contribution in [2.75, 3.05) is 5.32 Å². The number of carboxylic acids is 1. The molecule has 0 aliphatic rings. The minimum Gasteiger partial charge on any atom is -0.478 e. The van der Waals surface area contributed by atoms with Crippen molar-refractivity contribution >= 4 is 29.6 Å². The minimum atomic E-state index is -1.01. The lowest BCUT2D eigenvalue weighted by atomic mass is 10.1. The molecule has 124 valence electrons. The zero-order chi connectivity index (χ0) is 17.6. The molecule has 0 atom stereocenters. The van der Waals surface area contributed by atoms with Crippen molar-refractivity contribution in [3.8, 4) is 0 Å². The molecular formula is C21H18N2O2. The zero-order valence-electron chi connectivity index (χ0n) is 13.8. The van der Waals surface area contributed by atoms with Crippen molar-refractivity contribution < 1.29 is 9.90 Å². The Morgan fingerprint density at radius 3 is 2.48 bits per heavy atom. The van der Waals surface area contributed by atoms with Crippen molar-refractivity contribution in [1.29, 1.82) is 0 Å². The summed E-state index contributed by atoms with van der Waals surface area (Å²) in [6, 6.07) is 19.1. The first-order valence-corrected chi connectivity index (χ1v) is 7.92. The Balaban J connectivity index is 1.75. The molecule has 0 radical (unpaired) electrons. The summed E-state index contributed by atoms with van der Waals surface area (Å²) in [6.07, 6.45) is 5.70. The van der Waals surface area contributed by atoms with E-state index >= 15 is 0 Å². The summed E-state index contributed by atoms with van der Waals surface area (Å²) in [5, 5.41) is 12.2. The van der Waals surface area contributed by atoms with Gasteiger partial charge in [-0.2, -0.15) is 0 Å². The highest BCUT2D eigenvalue weighted by molar-refractivity contribution is 5.93. The van der Waals surface area contributed by atoms with E-state index in [0.29, 0.717) is 5.82 Å². The number of benzene rings is 2. The SMILES string of the molecule is Cc1ccccc1/C=C/c1ccc(Nc2ncccc2C(=O)O)cc1. The van der Waals surface area contributed by atoms with Crippen LogP contribution in [0.15, 0.2) is 66.9 Å². The van der Waals surface area contributed by atoms with Gasteiger partial charge < -0.3 is 10.4 Å². The molecule has 0 saturated heterocycles. The van der Waals surface area contributed by atoms with E-state index in [1.54, 1.807) is 12.3 Å². The second-order valence-corrected chi connectivity index (χ2v) is 5.64. The second kappa shape index (κ2) is 7.45. The van der Waals surface area contributed by atoms with E-state index in [-0.39, 0.29) is 5.56 Å². The van der Waals surface area contributed by atoms with Crippen molar-refractivity contribution in [1.82, 2.24) is 4.98 Å². The van der Waals surface area contributed by atoms with Crippen LogP contribution in [-0.2, 0) is 0 Å². The lowest BCUT2D eigenvalue weighted by molar-refractivity contribution is 0.0697. The van der Waals surface area contributed by atoms with E-state index < -0.39 is 5.97 Å². The topological polar surface area (TPSA) is 62.2 Å². The van der Waals surface area contributed by atoms with Gasteiger partial charge in [-0.1, -0.05) is 48.6 Å². The van der Waals surface area contributed by atoms with Crippen LogP contribution in [0.1, 0.15) is 27.0 Å². The Morgan fingerprint density at radius 2 is 1.76 bits per heavy atom. The molecule has 2 N–H and O–H groups in total. The van der Waals surface area contributed by atoms with E-state index in [2.05, 4.69) is 41.5 Å². The molecule has 3 rings (SSSR count). The number of hydrogen-bond acceptors (Lipinski definition) is 3. The molecule has 0 unspecified atom stereocenters. The fraction of sp³-hybridized carbons (Fsp3) is 0.0476. The van der Waals surface area contributed by atoms with Gasteiger partial charge in [-0.3, -0.25) is 0 Å². The van der Waals surface area contributed by atoms with Crippen molar-refractivity contribution in [2.45, 2.75) is 6.92 Å². The highest BCUT2D eigenvalue weighted by atomic mass is 16.4. The summed E-state index contributed by atoms with van der Waals surface area (Å²) in [7, 11) is 0. The molecule has 0 bridgehead atoms. The molecule has 3 aromatic rings. The van der Waals surface area contributed by atoms with Crippen molar-refractivity contribution in [3.63, 3.8) is 0 Å². The molecule has 4 nitrogen and oxygen atoms in total. The highest BCUT2D eigenvalue weighted by Gasteiger charge is 2.10. The number of nitrogens with one attached hydrogen (secondary N) is 1. The number of hydrogen-bond donors (Lipinski definition) is 2. The molecule has 0 aliphatic heterocycles. The molecule has 1 aromatic heterocycles. The fourth-order valence-corrected chi connectivity index (χ4v) is 2.45. The van der Waals surface area contributed by atoms with Crippen LogP contribution in [0.25, 0.3) is 12.2 Å². The molecule has 4 heteroatoms. The van der Waals surface area contributed by atoms with E-state index in [0.717, 1.165) is 11.3 Å². The average Bonchev–Trinajstić information content (AvgIpc) is 2.62. The van der Waals surface area contributed by atoms with Gasteiger partial charge in [0.15, 0.2) is 0 Å². The molecule has 2 aromatic carbocycles. The monoisotopic (exact) mass is 330 g/mol. The Kier molecular flexibility index (Phi) is 4.90. The van der Waals surface area contributed by atoms with Crippen LogP contribution in [-0.4, -0.2) is 16.1 Å². The second-order valence-electron chi connectivity index (χ2n) is 5.64. The number of pyridine rings is 1. The van der Waals surface area contributed by atoms with Gasteiger partial charge in [0.25, 0.3) is 0 Å². The molecule has 0 amide bonds. The quantitative estimate of drug-likeness (QED) is 0.646. The number of aromatic nitrogens is 1. The lowest BCUT2D eigenvalue weighted by Crippen LogP contribution is -2.04. The number of aromatic carboxylic acids is 1. The van der Waals surface area contributed by atoms with Gasteiger partial charge in [0.05, 0.1) is 0 Å². The minimum absolute atomic E-state index is 0.144. The molecule has 0 spiro atoms. The number of rotatable bonds is 5. The van der Waals surface area contributed by atoms with Gasteiger partial charge >= 0.3 is 5.97 Å². The molecule has 25 heavy (non-hydrogen) atoms. The normalized spacial score (nSPS) is 10.8. The van der Waals surface area contributed by atoms with Crippen LogP contribution in [0.5, 0.6) is 0 Å². The van der Waals surface area contributed by atoms with Crippen molar-refractivity contribution in [2.24, 2.45) is 0 Å². The molecule has 0 saturated carbocycles. The van der Waals surface area contributed by atoms with Crippen LogP contribution in [0.3, 0.4) is 0 Å². The van der Waals surface area contributed by atoms with Gasteiger partial charge in [0, 0.05) is 11.9 Å². The molecular weight excluding hydrogens is 312 g/mol. The van der Waals surface area contributed by atoms with Gasteiger partial charge in [0.1, 0.15) is 11.4 Å². The molecule has 1 heterocycles. The summed E-state index contributed by atoms with van der Waals surface area (Å²) in [4.78, 5) is 15.3. The molecule has 0 fully saturated rings. The molecule has 0 aliphatic carbocycles. The van der Waals surface area contributed by atoms with Gasteiger partial charge in [-0.15, -0.1) is 0 Å². The smallest absolute Gasteiger partial charge is 0.339 e. The standard InChI is InChI=1S/C21H18N2O2/c1-15-5-2-3-6-17(15)11-8-16-9-12-18(13-10-16)23-20-19(21(24)25)7-4-14-22-20/h2-14H,1H3,(H,22,23)(H,24,25)/b11-8+. The van der Waals surface area contributed by atoms with Crippen molar-refractivity contribution in [3.05, 3.63) is 89.1 Å². The van der Waals surface area contributed by atoms with Crippen LogP contribution >= 0.6 is 0 Å². The third-order valence-electron chi connectivity index (χ3n) is 3.86. The number of aryl methyl sites for hydroxylation is 1. The maximum atomic E-state index is 11.2. The maximum Gasteiger partial charge on any atom is 0.339 e. The van der Waals surface area contributed by atoms with E-state index in [4.69, 9.17) is 0 Å². The Labute approximate surface area is 146 Å². The first kappa shape index (κ1) is 16.5. The number of anilines is 2. The largest absolute Gasteiger partial charge is 0.478 e. The average molecular weight is 330 g/mol. The Bertz CT molecular complexity index is 915.